The van der Waals surface area contributed by atoms with Gasteiger partial charge in [-0.15, -0.1) is 10.2 Å². The Labute approximate surface area is 199 Å². The molecule has 1 aliphatic heterocycles. The molecule has 1 saturated heterocycles. The maximum absolute atomic E-state index is 12.9. The predicted molar refractivity (Wildman–Crippen MR) is 129 cm³/mol. The van der Waals surface area contributed by atoms with E-state index in [4.69, 9.17) is 9.15 Å². The maximum atomic E-state index is 12.9. The van der Waals surface area contributed by atoms with Gasteiger partial charge in [0.15, 0.2) is 11.0 Å². The minimum absolute atomic E-state index is 0.0491. The average molecular weight is 469 g/mol. The van der Waals surface area contributed by atoms with Crippen LogP contribution in [0.15, 0.2) is 52.2 Å². The monoisotopic (exact) mass is 468 g/mol. The third-order valence-electron chi connectivity index (χ3n) is 5.72. The van der Waals surface area contributed by atoms with E-state index in [2.05, 4.69) is 55.2 Å². The molecule has 3 heterocycles. The third-order valence-corrected chi connectivity index (χ3v) is 6.67. The van der Waals surface area contributed by atoms with Crippen LogP contribution < -0.4 is 0 Å². The molecule has 8 heteroatoms. The second-order valence-corrected chi connectivity index (χ2v) is 10.6. The topological polar surface area (TPSA) is 73.4 Å². The minimum atomic E-state index is 0.0491. The molecule has 1 aromatic carbocycles. The molecule has 0 aliphatic carbocycles. The summed E-state index contributed by atoms with van der Waals surface area (Å²) >= 11 is 1.41. The van der Waals surface area contributed by atoms with Crippen LogP contribution in [0.4, 0.5) is 0 Å². The molecule has 0 saturated carbocycles. The van der Waals surface area contributed by atoms with E-state index in [0.717, 1.165) is 17.1 Å². The molecular formula is C25H32N4O3S. The Morgan fingerprint density at radius 3 is 2.39 bits per heavy atom. The number of amides is 1. The molecule has 0 unspecified atom stereocenters. The van der Waals surface area contributed by atoms with Crippen molar-refractivity contribution in [3.8, 4) is 11.4 Å². The highest BCUT2D eigenvalue weighted by Crippen LogP contribution is 2.29. The largest absolute Gasteiger partial charge is 0.467 e. The molecule has 0 bridgehead atoms. The maximum Gasteiger partial charge on any atom is 0.233 e. The molecule has 1 fully saturated rings. The minimum Gasteiger partial charge on any atom is -0.467 e. The van der Waals surface area contributed by atoms with E-state index in [1.807, 2.05) is 35.4 Å². The number of ether oxygens (including phenoxy) is 1. The summed E-state index contributed by atoms with van der Waals surface area (Å²) in [5.41, 5.74) is 2.32. The molecule has 33 heavy (non-hydrogen) atoms. The van der Waals surface area contributed by atoms with Gasteiger partial charge in [0.2, 0.25) is 5.91 Å². The first kappa shape index (κ1) is 23.6. The van der Waals surface area contributed by atoms with Gasteiger partial charge in [-0.3, -0.25) is 9.36 Å². The van der Waals surface area contributed by atoms with Crippen LogP contribution in [-0.2, 0) is 21.5 Å². The zero-order valence-corrected chi connectivity index (χ0v) is 20.8. The van der Waals surface area contributed by atoms with E-state index in [0.29, 0.717) is 30.5 Å². The lowest BCUT2D eigenvalue weighted by molar-refractivity contribution is -0.140. The Morgan fingerprint density at radius 1 is 1.09 bits per heavy atom. The fourth-order valence-electron chi connectivity index (χ4n) is 4.03. The number of hydrogen-bond acceptors (Lipinski definition) is 6. The standard InChI is InChI=1S/C25H32N4O3S/c1-17-13-28(14-18(2)32-17)22(30)16-33-24-27-26-23(29(24)15-21-7-6-12-31-21)19-8-10-20(11-9-19)25(3,4)5/h6-12,17-18H,13-16H2,1-5H3/t17-,18-/m1/s1. The Bertz CT molecular complexity index is 1060. The van der Waals surface area contributed by atoms with Crippen molar-refractivity contribution in [3.05, 3.63) is 54.0 Å². The quantitative estimate of drug-likeness (QED) is 0.492. The van der Waals surface area contributed by atoms with Crippen molar-refractivity contribution in [2.24, 2.45) is 0 Å². The molecule has 2 atom stereocenters. The molecule has 7 nitrogen and oxygen atoms in total. The summed E-state index contributed by atoms with van der Waals surface area (Å²) in [6.07, 6.45) is 1.76. The first-order valence-electron chi connectivity index (χ1n) is 11.3. The number of hydrogen-bond donors (Lipinski definition) is 0. The van der Waals surface area contributed by atoms with Gasteiger partial charge in [0.1, 0.15) is 5.76 Å². The van der Waals surface area contributed by atoms with Crippen molar-refractivity contribution < 1.29 is 13.9 Å². The predicted octanol–water partition coefficient (Wildman–Crippen LogP) is 4.61. The number of furan rings is 1. The van der Waals surface area contributed by atoms with E-state index in [1.165, 1.54) is 17.3 Å². The van der Waals surface area contributed by atoms with Crippen LogP contribution in [0.3, 0.4) is 0 Å². The number of nitrogens with zero attached hydrogens (tertiary/aromatic N) is 4. The van der Waals surface area contributed by atoms with Gasteiger partial charge in [0, 0.05) is 18.7 Å². The lowest BCUT2D eigenvalue weighted by atomic mass is 9.87. The molecule has 1 aliphatic rings. The zero-order valence-electron chi connectivity index (χ0n) is 19.9. The second-order valence-electron chi connectivity index (χ2n) is 9.64. The number of carbonyl (C=O) groups excluding carboxylic acids is 1. The summed E-state index contributed by atoms with van der Waals surface area (Å²) in [5, 5.41) is 9.61. The lowest BCUT2D eigenvalue weighted by Gasteiger charge is -2.35. The number of benzene rings is 1. The summed E-state index contributed by atoms with van der Waals surface area (Å²) in [5.74, 6) is 1.96. The van der Waals surface area contributed by atoms with Gasteiger partial charge in [-0.25, -0.2) is 0 Å². The molecule has 3 aromatic rings. The van der Waals surface area contributed by atoms with E-state index in [9.17, 15) is 4.79 Å². The molecule has 0 spiro atoms. The first-order chi connectivity index (χ1) is 15.7. The van der Waals surface area contributed by atoms with Crippen molar-refractivity contribution in [2.45, 2.75) is 63.9 Å². The van der Waals surface area contributed by atoms with Crippen LogP contribution in [0, 0.1) is 0 Å². The second kappa shape index (κ2) is 9.73. The van der Waals surface area contributed by atoms with Crippen LogP contribution in [0.2, 0.25) is 0 Å². The van der Waals surface area contributed by atoms with Crippen molar-refractivity contribution >= 4 is 17.7 Å². The number of thioether (sulfide) groups is 1. The van der Waals surface area contributed by atoms with Crippen molar-refractivity contribution in [3.63, 3.8) is 0 Å². The highest BCUT2D eigenvalue weighted by atomic mass is 32.2. The lowest BCUT2D eigenvalue weighted by Crippen LogP contribution is -2.48. The Hall–Kier alpha value is -2.58. The van der Waals surface area contributed by atoms with Gasteiger partial charge in [0.05, 0.1) is 30.8 Å². The highest BCUT2D eigenvalue weighted by Gasteiger charge is 2.26. The molecule has 1 amide bonds. The van der Waals surface area contributed by atoms with Crippen LogP contribution in [0.1, 0.15) is 45.9 Å². The van der Waals surface area contributed by atoms with Crippen LogP contribution >= 0.6 is 11.8 Å². The summed E-state index contributed by atoms with van der Waals surface area (Å²) in [6, 6.07) is 12.2. The molecule has 4 rings (SSSR count). The summed E-state index contributed by atoms with van der Waals surface area (Å²) in [6.45, 7) is 12.3. The third kappa shape index (κ3) is 5.68. The smallest absolute Gasteiger partial charge is 0.233 e. The van der Waals surface area contributed by atoms with Crippen molar-refractivity contribution in [1.82, 2.24) is 19.7 Å². The Kier molecular flexibility index (Phi) is 6.95. The van der Waals surface area contributed by atoms with Gasteiger partial charge in [-0.1, -0.05) is 56.8 Å². The van der Waals surface area contributed by atoms with Gasteiger partial charge < -0.3 is 14.1 Å². The number of rotatable bonds is 6. The van der Waals surface area contributed by atoms with Crippen molar-refractivity contribution in [2.75, 3.05) is 18.8 Å². The van der Waals surface area contributed by atoms with Gasteiger partial charge in [-0.05, 0) is 37.0 Å². The van der Waals surface area contributed by atoms with Gasteiger partial charge >= 0.3 is 0 Å². The van der Waals surface area contributed by atoms with E-state index >= 15 is 0 Å². The SMILES string of the molecule is C[C@@H]1CN(C(=O)CSc2nnc(-c3ccc(C(C)(C)C)cc3)n2Cc2ccco2)C[C@@H](C)O1. The fraction of sp³-hybridized carbons (Fsp3) is 0.480. The average Bonchev–Trinajstić information content (AvgIpc) is 3.41. The van der Waals surface area contributed by atoms with Gasteiger partial charge in [0.25, 0.3) is 0 Å². The van der Waals surface area contributed by atoms with Gasteiger partial charge in [-0.2, -0.15) is 0 Å². The Balaban J connectivity index is 1.55. The zero-order chi connectivity index (χ0) is 23.6. The molecule has 0 N–H and O–H groups in total. The molecule has 0 radical (unpaired) electrons. The molecular weight excluding hydrogens is 436 g/mol. The van der Waals surface area contributed by atoms with E-state index in [1.54, 1.807) is 6.26 Å². The summed E-state index contributed by atoms with van der Waals surface area (Å²) < 4.78 is 13.4. The van der Waals surface area contributed by atoms with Crippen LogP contribution in [0.25, 0.3) is 11.4 Å². The summed E-state index contributed by atoms with van der Waals surface area (Å²) in [4.78, 5) is 14.8. The fourth-order valence-corrected chi connectivity index (χ4v) is 4.87. The number of carbonyl (C=O) groups is 1. The van der Waals surface area contributed by atoms with Crippen molar-refractivity contribution in [1.29, 1.82) is 0 Å². The summed E-state index contributed by atoms with van der Waals surface area (Å²) in [7, 11) is 0. The molecule has 176 valence electrons. The number of aromatic nitrogens is 3. The van der Waals surface area contributed by atoms with E-state index in [-0.39, 0.29) is 23.5 Å². The van der Waals surface area contributed by atoms with Crippen LogP contribution in [-0.4, -0.2) is 56.6 Å². The van der Waals surface area contributed by atoms with E-state index < -0.39 is 0 Å². The van der Waals surface area contributed by atoms with Crippen LogP contribution in [0.5, 0.6) is 0 Å². The molecule has 2 aromatic heterocycles. The first-order valence-corrected chi connectivity index (χ1v) is 12.3. The number of morpholine rings is 1. The Morgan fingerprint density at radius 2 is 1.79 bits per heavy atom. The normalized spacial score (nSPS) is 19.1. The highest BCUT2D eigenvalue weighted by molar-refractivity contribution is 7.99.